The van der Waals surface area contributed by atoms with Gasteiger partial charge in [0.25, 0.3) is 5.91 Å². The molecule has 2 aliphatic heterocycles. The van der Waals surface area contributed by atoms with Gasteiger partial charge in [-0.25, -0.2) is 9.97 Å². The lowest BCUT2D eigenvalue weighted by Crippen LogP contribution is -2.54. The van der Waals surface area contributed by atoms with Crippen LogP contribution in [0.3, 0.4) is 0 Å². The summed E-state index contributed by atoms with van der Waals surface area (Å²) in [4.78, 5) is 41.0. The van der Waals surface area contributed by atoms with Gasteiger partial charge in [-0.2, -0.15) is 14.7 Å². The Hall–Kier alpha value is -3.63. The molecule has 0 spiro atoms. The summed E-state index contributed by atoms with van der Waals surface area (Å²) in [6, 6.07) is 0.0920. The van der Waals surface area contributed by atoms with Crippen LogP contribution < -0.4 is 5.73 Å². The van der Waals surface area contributed by atoms with Crippen molar-refractivity contribution in [2.24, 2.45) is 4.99 Å². The van der Waals surface area contributed by atoms with Crippen molar-refractivity contribution >= 4 is 29.4 Å². The van der Waals surface area contributed by atoms with E-state index in [2.05, 4.69) is 25.3 Å². The Labute approximate surface area is 196 Å². The van der Waals surface area contributed by atoms with Crippen molar-refractivity contribution in [2.45, 2.75) is 69.9 Å². The molecule has 3 unspecified atom stereocenters. The Balaban J connectivity index is 1.56. The maximum Gasteiger partial charge on any atom is 0.291 e. The van der Waals surface area contributed by atoms with Crippen molar-refractivity contribution in [1.29, 1.82) is 0 Å². The number of nitrogens with one attached hydrogen (secondary N) is 1. The topological polar surface area (TPSA) is 148 Å². The molecule has 2 fully saturated rings. The van der Waals surface area contributed by atoms with Gasteiger partial charge in [-0.15, -0.1) is 0 Å². The minimum Gasteiger partial charge on any atom is -0.383 e. The number of amides is 1. The van der Waals surface area contributed by atoms with E-state index >= 15 is 0 Å². The Morgan fingerprint density at radius 2 is 2.03 bits per heavy atom. The van der Waals surface area contributed by atoms with Crippen molar-refractivity contribution in [2.75, 3.05) is 12.8 Å². The van der Waals surface area contributed by atoms with Crippen LogP contribution in [-0.2, 0) is 0 Å². The Morgan fingerprint density at radius 3 is 2.65 bits per heavy atom. The van der Waals surface area contributed by atoms with Gasteiger partial charge in [-0.1, -0.05) is 6.92 Å². The van der Waals surface area contributed by atoms with Gasteiger partial charge in [-0.05, 0) is 39.0 Å². The van der Waals surface area contributed by atoms with Gasteiger partial charge >= 0.3 is 0 Å². The standard InChI is InChI=1S/C23H29N9O2/c1-12(9-25-3)17-10-28-32-20(24)18(13(2)33)19(29-22(17)32)14-7-15-5-4-6-16(8-14)31(15)23(34)21-26-11-27-30-21/h9-12,14-16H,4-8,24H2,1-3H3,(H,26,27,30). The van der Waals surface area contributed by atoms with E-state index in [1.807, 2.05) is 18.0 Å². The number of fused-ring (bicyclic) bond motifs is 3. The zero-order valence-corrected chi connectivity index (χ0v) is 19.6. The van der Waals surface area contributed by atoms with Crippen LogP contribution in [0, 0.1) is 0 Å². The molecule has 1 amide bonds. The number of aromatic amines is 1. The van der Waals surface area contributed by atoms with Crippen LogP contribution in [0.1, 0.15) is 90.0 Å². The van der Waals surface area contributed by atoms with E-state index in [1.54, 1.807) is 17.8 Å². The predicted molar refractivity (Wildman–Crippen MR) is 126 cm³/mol. The first-order valence-corrected chi connectivity index (χ1v) is 11.7. The molecule has 5 heterocycles. The van der Waals surface area contributed by atoms with E-state index < -0.39 is 0 Å². The third-order valence-electron chi connectivity index (χ3n) is 7.17. The molecule has 3 aromatic rings. The third-order valence-corrected chi connectivity index (χ3v) is 7.17. The number of rotatable bonds is 5. The van der Waals surface area contributed by atoms with Gasteiger partial charge < -0.3 is 15.6 Å². The monoisotopic (exact) mass is 463 g/mol. The summed E-state index contributed by atoms with van der Waals surface area (Å²) in [5.74, 6) is 0.340. The normalized spacial score (nSPS) is 23.5. The number of carbonyl (C=O) groups is 2. The number of anilines is 1. The highest BCUT2D eigenvalue weighted by molar-refractivity contribution is 6.00. The number of piperidine rings is 2. The second-order valence-corrected chi connectivity index (χ2v) is 9.30. The summed E-state index contributed by atoms with van der Waals surface area (Å²) in [5.41, 5.74) is 9.19. The maximum absolute atomic E-state index is 13.1. The summed E-state index contributed by atoms with van der Waals surface area (Å²) in [6.07, 6.45) is 9.24. The molecule has 2 saturated heterocycles. The second kappa shape index (κ2) is 8.62. The van der Waals surface area contributed by atoms with E-state index in [1.165, 1.54) is 13.3 Å². The molecular formula is C23H29N9O2. The number of carbonyl (C=O) groups excluding carboxylic acids is 2. The largest absolute Gasteiger partial charge is 0.383 e. The number of Topliss-reactive ketones (excluding diaryl/α,β-unsaturated/α-hetero) is 1. The number of ketones is 1. The molecule has 0 aliphatic carbocycles. The molecule has 34 heavy (non-hydrogen) atoms. The predicted octanol–water partition coefficient (Wildman–Crippen LogP) is 2.38. The number of H-pyrrole nitrogens is 1. The Kier molecular flexibility index (Phi) is 5.62. The summed E-state index contributed by atoms with van der Waals surface area (Å²) >= 11 is 0. The molecule has 0 saturated carbocycles. The number of aromatic nitrogens is 6. The summed E-state index contributed by atoms with van der Waals surface area (Å²) in [6.45, 7) is 3.54. The molecule has 11 nitrogen and oxygen atoms in total. The first-order chi connectivity index (χ1) is 16.4. The van der Waals surface area contributed by atoms with Gasteiger partial charge in [0.1, 0.15) is 12.1 Å². The number of nitrogens with zero attached hydrogens (tertiary/aromatic N) is 7. The number of aliphatic imine (C=N–C) groups is 1. The lowest BCUT2D eigenvalue weighted by Gasteiger charge is -2.48. The second-order valence-electron chi connectivity index (χ2n) is 9.30. The zero-order chi connectivity index (χ0) is 24.0. The van der Waals surface area contributed by atoms with E-state index in [4.69, 9.17) is 10.7 Å². The van der Waals surface area contributed by atoms with Crippen molar-refractivity contribution in [3.8, 4) is 0 Å². The van der Waals surface area contributed by atoms with E-state index in [0.29, 0.717) is 35.6 Å². The number of nitrogen functional groups attached to an aromatic ring is 1. The lowest BCUT2D eigenvalue weighted by atomic mass is 9.76. The molecule has 0 radical (unpaired) electrons. The summed E-state index contributed by atoms with van der Waals surface area (Å²) < 4.78 is 1.55. The smallest absolute Gasteiger partial charge is 0.291 e. The minimum atomic E-state index is -0.132. The van der Waals surface area contributed by atoms with Crippen molar-refractivity contribution in [3.05, 3.63) is 35.2 Å². The van der Waals surface area contributed by atoms with Crippen molar-refractivity contribution in [1.82, 2.24) is 34.7 Å². The highest BCUT2D eigenvalue weighted by Crippen LogP contribution is 2.43. The zero-order valence-electron chi connectivity index (χ0n) is 19.6. The van der Waals surface area contributed by atoms with Gasteiger partial charge in [0.2, 0.25) is 5.82 Å². The third kappa shape index (κ3) is 3.55. The molecule has 3 N–H and O–H groups in total. The Morgan fingerprint density at radius 1 is 1.29 bits per heavy atom. The summed E-state index contributed by atoms with van der Waals surface area (Å²) in [7, 11) is 1.73. The van der Waals surface area contributed by atoms with Crippen molar-refractivity contribution < 1.29 is 9.59 Å². The van der Waals surface area contributed by atoms with Gasteiger partial charge in [-0.3, -0.25) is 14.7 Å². The Bertz CT molecular complexity index is 1250. The molecule has 11 heteroatoms. The fraction of sp³-hybridized carbons (Fsp3) is 0.522. The highest BCUT2D eigenvalue weighted by atomic mass is 16.2. The highest BCUT2D eigenvalue weighted by Gasteiger charge is 2.43. The first-order valence-electron chi connectivity index (χ1n) is 11.7. The van der Waals surface area contributed by atoms with Crippen LogP contribution in [0.25, 0.3) is 5.65 Å². The van der Waals surface area contributed by atoms with Gasteiger partial charge in [0.15, 0.2) is 11.4 Å². The number of hydrogen-bond donors (Lipinski definition) is 2. The van der Waals surface area contributed by atoms with Crippen LogP contribution in [0.2, 0.25) is 0 Å². The van der Waals surface area contributed by atoms with E-state index in [-0.39, 0.29) is 41.4 Å². The average Bonchev–Trinajstić information content (AvgIpc) is 3.48. The molecule has 3 aromatic heterocycles. The fourth-order valence-electron chi connectivity index (χ4n) is 5.70. The number of hydrogen-bond acceptors (Lipinski definition) is 8. The number of nitrogens with two attached hydrogens (primary N) is 1. The molecule has 5 rings (SSSR count). The summed E-state index contributed by atoms with van der Waals surface area (Å²) in [5, 5.41) is 10.9. The molecular weight excluding hydrogens is 434 g/mol. The first kappa shape index (κ1) is 22.2. The van der Waals surface area contributed by atoms with Crippen LogP contribution >= 0.6 is 0 Å². The van der Waals surface area contributed by atoms with Gasteiger partial charge in [0.05, 0.1) is 17.5 Å². The molecule has 3 atom stereocenters. The maximum atomic E-state index is 13.1. The molecule has 0 aromatic carbocycles. The van der Waals surface area contributed by atoms with Crippen LogP contribution in [-0.4, -0.2) is 71.7 Å². The van der Waals surface area contributed by atoms with E-state index in [9.17, 15) is 9.59 Å². The lowest BCUT2D eigenvalue weighted by molar-refractivity contribution is 0.0220. The van der Waals surface area contributed by atoms with Crippen LogP contribution in [0.4, 0.5) is 5.82 Å². The SMILES string of the molecule is CN=CC(C)c1cnn2c(N)c(C(C)=O)c(C3CC4CCCC(C3)N4C(=O)c3ncn[nH]3)nc12. The fourth-order valence-corrected chi connectivity index (χ4v) is 5.70. The minimum absolute atomic E-state index is 0.00572. The van der Waals surface area contributed by atoms with Crippen molar-refractivity contribution in [3.63, 3.8) is 0 Å². The quantitative estimate of drug-likeness (QED) is 0.436. The van der Waals surface area contributed by atoms with E-state index in [0.717, 1.165) is 24.8 Å². The average molecular weight is 464 g/mol. The van der Waals surface area contributed by atoms with Gasteiger partial charge in [0, 0.05) is 42.7 Å². The molecule has 2 bridgehead atoms. The molecule has 178 valence electrons. The van der Waals surface area contributed by atoms with Crippen LogP contribution in [0.15, 0.2) is 17.5 Å². The molecule has 2 aliphatic rings. The van der Waals surface area contributed by atoms with Crippen LogP contribution in [0.5, 0.6) is 0 Å².